The summed E-state index contributed by atoms with van der Waals surface area (Å²) >= 11 is 6.05. The second-order valence-electron chi connectivity index (χ2n) is 5.71. The Morgan fingerprint density at radius 1 is 1.11 bits per heavy atom. The van der Waals surface area contributed by atoms with Crippen molar-refractivity contribution in [3.63, 3.8) is 0 Å². The molecule has 0 aromatic heterocycles. The van der Waals surface area contributed by atoms with Crippen LogP contribution in [0.2, 0.25) is 5.02 Å². The number of methoxy groups -OCH3 is 3. The molecule has 2 aromatic carbocycles. The first kappa shape index (κ1) is 18.8. The molecule has 142 valence electrons. The van der Waals surface area contributed by atoms with Gasteiger partial charge in [0.15, 0.2) is 11.5 Å². The summed E-state index contributed by atoms with van der Waals surface area (Å²) in [6.07, 6.45) is -0.773. The van der Waals surface area contributed by atoms with Gasteiger partial charge in [0.1, 0.15) is 0 Å². The highest BCUT2D eigenvalue weighted by Crippen LogP contribution is 2.42. The smallest absolute Gasteiger partial charge is 0.243 e. The van der Waals surface area contributed by atoms with Crippen LogP contribution in [-0.4, -0.2) is 38.1 Å². The molecule has 27 heavy (non-hydrogen) atoms. The molecule has 0 unspecified atom stereocenters. The van der Waals surface area contributed by atoms with E-state index in [0.717, 1.165) is 0 Å². The molecule has 0 saturated carbocycles. The molecule has 7 nitrogen and oxygen atoms in total. The number of halogens is 1. The van der Waals surface area contributed by atoms with Gasteiger partial charge < -0.3 is 18.9 Å². The highest BCUT2D eigenvalue weighted by Gasteiger charge is 2.34. The molecule has 3 rings (SSSR count). The number of hydrogen-bond acceptors (Lipinski definition) is 6. The number of rotatable bonds is 5. The lowest BCUT2D eigenvalue weighted by Crippen LogP contribution is -2.25. The van der Waals surface area contributed by atoms with E-state index in [-0.39, 0.29) is 5.91 Å². The van der Waals surface area contributed by atoms with E-state index in [1.165, 1.54) is 33.3 Å². The van der Waals surface area contributed by atoms with Crippen LogP contribution in [0.5, 0.6) is 17.2 Å². The average molecular weight is 391 g/mol. The van der Waals surface area contributed by atoms with Crippen molar-refractivity contribution in [3.05, 3.63) is 52.5 Å². The average Bonchev–Trinajstić information content (AvgIpc) is 3.12. The number of amides is 1. The SMILES string of the molecule is COc1cc([C@H]2OC(c3cccc(Cl)c3)=NN2C(C)=O)cc(OC)c1OC. The third-order valence-corrected chi connectivity index (χ3v) is 4.25. The number of carbonyl (C=O) groups excluding carboxylic acids is 1. The molecule has 0 radical (unpaired) electrons. The normalized spacial score (nSPS) is 15.8. The van der Waals surface area contributed by atoms with Crippen molar-refractivity contribution in [3.8, 4) is 17.2 Å². The van der Waals surface area contributed by atoms with E-state index in [1.807, 2.05) is 0 Å². The first-order chi connectivity index (χ1) is 13.0. The number of ether oxygens (including phenoxy) is 4. The molecular formula is C19H19ClN2O5. The van der Waals surface area contributed by atoms with Gasteiger partial charge in [-0.1, -0.05) is 17.7 Å². The van der Waals surface area contributed by atoms with Crippen molar-refractivity contribution in [2.45, 2.75) is 13.2 Å². The zero-order valence-corrected chi connectivity index (χ0v) is 16.1. The fraction of sp³-hybridized carbons (Fsp3) is 0.263. The predicted octanol–water partition coefficient (Wildman–Crippen LogP) is 3.60. The van der Waals surface area contributed by atoms with Gasteiger partial charge in [-0.05, 0) is 30.3 Å². The second-order valence-corrected chi connectivity index (χ2v) is 6.14. The van der Waals surface area contributed by atoms with Crippen LogP contribution in [0.25, 0.3) is 0 Å². The van der Waals surface area contributed by atoms with E-state index in [1.54, 1.807) is 36.4 Å². The van der Waals surface area contributed by atoms with Crippen LogP contribution in [0.4, 0.5) is 0 Å². The van der Waals surface area contributed by atoms with E-state index in [9.17, 15) is 4.79 Å². The molecule has 1 heterocycles. The topological polar surface area (TPSA) is 69.6 Å². The largest absolute Gasteiger partial charge is 0.493 e. The lowest BCUT2D eigenvalue weighted by molar-refractivity contribution is -0.135. The van der Waals surface area contributed by atoms with E-state index >= 15 is 0 Å². The van der Waals surface area contributed by atoms with Gasteiger partial charge in [0.25, 0.3) is 0 Å². The van der Waals surface area contributed by atoms with Gasteiger partial charge in [-0.2, -0.15) is 5.01 Å². The lowest BCUT2D eigenvalue weighted by atomic mass is 10.1. The molecule has 0 bridgehead atoms. The standard InChI is InChI=1S/C19H19ClN2O5/c1-11(23)22-19(27-18(21-22)12-6-5-7-14(20)8-12)13-9-15(24-2)17(26-4)16(10-13)25-3/h5-10,19H,1-4H3/t19-/m1/s1. The molecule has 0 saturated heterocycles. The maximum absolute atomic E-state index is 12.1. The first-order valence-corrected chi connectivity index (χ1v) is 8.47. The Hall–Kier alpha value is -2.93. The zero-order chi connectivity index (χ0) is 19.6. The van der Waals surface area contributed by atoms with Gasteiger partial charge in [0.2, 0.25) is 23.8 Å². The minimum Gasteiger partial charge on any atom is -0.493 e. The van der Waals surface area contributed by atoms with Crippen molar-refractivity contribution in [1.29, 1.82) is 0 Å². The van der Waals surface area contributed by atoms with Gasteiger partial charge in [0, 0.05) is 23.1 Å². The molecule has 0 N–H and O–H groups in total. The Labute approximate surface area is 162 Å². The molecule has 1 aliphatic heterocycles. The first-order valence-electron chi connectivity index (χ1n) is 8.09. The highest BCUT2D eigenvalue weighted by atomic mass is 35.5. The number of carbonyl (C=O) groups is 1. The molecule has 1 amide bonds. The Morgan fingerprint density at radius 2 is 1.78 bits per heavy atom. The third-order valence-electron chi connectivity index (χ3n) is 4.01. The van der Waals surface area contributed by atoms with Gasteiger partial charge >= 0.3 is 0 Å². The summed E-state index contributed by atoms with van der Waals surface area (Å²) < 4.78 is 22.1. The van der Waals surface area contributed by atoms with Gasteiger partial charge in [-0.15, -0.1) is 5.10 Å². The minimum atomic E-state index is -0.773. The number of benzene rings is 2. The molecule has 0 aliphatic carbocycles. The van der Waals surface area contributed by atoms with E-state index in [0.29, 0.717) is 39.3 Å². The summed E-state index contributed by atoms with van der Waals surface area (Å²) in [7, 11) is 4.56. The molecule has 0 fully saturated rings. The minimum absolute atomic E-state index is 0.272. The van der Waals surface area contributed by atoms with Crippen molar-refractivity contribution >= 4 is 23.4 Å². The number of hydrazone groups is 1. The summed E-state index contributed by atoms with van der Waals surface area (Å²) in [5, 5.41) is 6.12. The van der Waals surface area contributed by atoms with Crippen molar-refractivity contribution in [1.82, 2.24) is 5.01 Å². The Kier molecular flexibility index (Phi) is 5.41. The Bertz CT molecular complexity index is 874. The van der Waals surface area contributed by atoms with Crippen LogP contribution in [0.15, 0.2) is 41.5 Å². The van der Waals surface area contributed by atoms with Gasteiger partial charge in [-0.3, -0.25) is 4.79 Å². The summed E-state index contributed by atoms with van der Waals surface area (Å²) in [5.74, 6) is 1.38. The van der Waals surface area contributed by atoms with Crippen LogP contribution in [0.1, 0.15) is 24.3 Å². The molecule has 0 spiro atoms. The van der Waals surface area contributed by atoms with Crippen LogP contribution in [0.3, 0.4) is 0 Å². The van der Waals surface area contributed by atoms with Gasteiger partial charge in [-0.25, -0.2) is 0 Å². The molecule has 1 aliphatic rings. The fourth-order valence-electron chi connectivity index (χ4n) is 2.77. The fourth-order valence-corrected chi connectivity index (χ4v) is 2.96. The van der Waals surface area contributed by atoms with Crippen LogP contribution in [0, 0.1) is 0 Å². The predicted molar refractivity (Wildman–Crippen MR) is 100 cm³/mol. The summed E-state index contributed by atoms with van der Waals surface area (Å²) in [6, 6.07) is 10.5. The maximum atomic E-state index is 12.1. The molecule has 2 aromatic rings. The van der Waals surface area contributed by atoms with Crippen molar-refractivity contribution in [2.75, 3.05) is 21.3 Å². The van der Waals surface area contributed by atoms with Crippen molar-refractivity contribution < 1.29 is 23.7 Å². The van der Waals surface area contributed by atoms with E-state index in [2.05, 4.69) is 5.10 Å². The molecule has 8 heteroatoms. The number of nitrogens with zero attached hydrogens (tertiary/aromatic N) is 2. The second kappa shape index (κ2) is 7.75. The summed E-state index contributed by atoms with van der Waals surface area (Å²) in [4.78, 5) is 12.1. The van der Waals surface area contributed by atoms with Crippen molar-refractivity contribution in [2.24, 2.45) is 5.10 Å². The Balaban J connectivity index is 2.03. The molecular weight excluding hydrogens is 372 g/mol. The third kappa shape index (κ3) is 3.64. The van der Waals surface area contributed by atoms with E-state index in [4.69, 9.17) is 30.5 Å². The summed E-state index contributed by atoms with van der Waals surface area (Å²) in [5.41, 5.74) is 1.30. The monoisotopic (exact) mass is 390 g/mol. The Morgan fingerprint density at radius 3 is 2.30 bits per heavy atom. The maximum Gasteiger partial charge on any atom is 0.243 e. The van der Waals surface area contributed by atoms with Crippen LogP contribution in [-0.2, 0) is 9.53 Å². The van der Waals surface area contributed by atoms with Gasteiger partial charge in [0.05, 0.1) is 21.3 Å². The zero-order valence-electron chi connectivity index (χ0n) is 15.4. The lowest BCUT2D eigenvalue weighted by Gasteiger charge is -2.21. The molecule has 1 atom stereocenters. The van der Waals surface area contributed by atoms with Crippen LogP contribution < -0.4 is 14.2 Å². The highest BCUT2D eigenvalue weighted by molar-refractivity contribution is 6.31. The quantitative estimate of drug-likeness (QED) is 0.780. The van der Waals surface area contributed by atoms with E-state index < -0.39 is 6.23 Å². The summed E-state index contributed by atoms with van der Waals surface area (Å²) in [6.45, 7) is 1.42. The van der Waals surface area contributed by atoms with Crippen LogP contribution >= 0.6 is 11.6 Å². The number of hydrogen-bond donors (Lipinski definition) is 0.